The zero-order valence-electron chi connectivity index (χ0n) is 10.9. The summed E-state index contributed by atoms with van der Waals surface area (Å²) >= 11 is 5.70. The highest BCUT2D eigenvalue weighted by Gasteiger charge is 2.12. The number of hydrogen-bond acceptors (Lipinski definition) is 2. The van der Waals surface area contributed by atoms with Crippen LogP contribution in [0.5, 0.6) is 0 Å². The molecule has 3 N–H and O–H groups in total. The number of amides is 2. The summed E-state index contributed by atoms with van der Waals surface area (Å²) in [7, 11) is 0. The molecule has 21 heavy (non-hydrogen) atoms. The third kappa shape index (κ3) is 3.58. The highest BCUT2D eigenvalue weighted by atomic mass is 35.5. The van der Waals surface area contributed by atoms with Crippen LogP contribution in [0.15, 0.2) is 42.5 Å². The van der Waals surface area contributed by atoms with Gasteiger partial charge in [-0.05, 0) is 35.9 Å². The number of carbonyl (C=O) groups is 2. The van der Waals surface area contributed by atoms with Crippen molar-refractivity contribution in [1.82, 2.24) is 0 Å². The average Bonchev–Trinajstić information content (AvgIpc) is 2.49. The molecular formula is C15H12ClFN2O2. The number of rotatable bonds is 4. The van der Waals surface area contributed by atoms with Gasteiger partial charge in [-0.3, -0.25) is 9.59 Å². The van der Waals surface area contributed by atoms with E-state index in [1.807, 2.05) is 0 Å². The van der Waals surface area contributed by atoms with Gasteiger partial charge in [0.1, 0.15) is 5.82 Å². The van der Waals surface area contributed by atoms with E-state index in [2.05, 4.69) is 5.32 Å². The summed E-state index contributed by atoms with van der Waals surface area (Å²) in [5.74, 6) is -1.58. The molecule has 0 bridgehead atoms. The summed E-state index contributed by atoms with van der Waals surface area (Å²) in [6.07, 6.45) is 0. The SMILES string of the molecule is NC(=O)c1ccc(F)c(NC(=O)c2cccc(CCl)c2)c1. The molecule has 4 nitrogen and oxygen atoms in total. The number of hydrogen-bond donors (Lipinski definition) is 2. The van der Waals surface area contributed by atoms with Crippen molar-refractivity contribution in [2.75, 3.05) is 5.32 Å². The molecule has 0 saturated heterocycles. The van der Waals surface area contributed by atoms with Crippen molar-refractivity contribution >= 4 is 29.1 Å². The Morgan fingerprint density at radius 1 is 1.14 bits per heavy atom. The first-order valence-electron chi connectivity index (χ1n) is 6.07. The van der Waals surface area contributed by atoms with Gasteiger partial charge >= 0.3 is 0 Å². The van der Waals surface area contributed by atoms with Gasteiger partial charge in [0.25, 0.3) is 5.91 Å². The van der Waals surface area contributed by atoms with Gasteiger partial charge in [-0.15, -0.1) is 11.6 Å². The second kappa shape index (κ2) is 6.37. The summed E-state index contributed by atoms with van der Waals surface area (Å²) in [5.41, 5.74) is 6.25. The summed E-state index contributed by atoms with van der Waals surface area (Å²) in [4.78, 5) is 23.2. The molecule has 0 atom stereocenters. The molecule has 0 spiro atoms. The van der Waals surface area contributed by atoms with E-state index in [0.29, 0.717) is 5.56 Å². The molecular weight excluding hydrogens is 295 g/mol. The average molecular weight is 307 g/mol. The fraction of sp³-hybridized carbons (Fsp3) is 0.0667. The Labute approximate surface area is 125 Å². The molecule has 0 saturated carbocycles. The molecule has 0 unspecified atom stereocenters. The van der Waals surface area contributed by atoms with Gasteiger partial charge in [-0.25, -0.2) is 4.39 Å². The molecule has 6 heteroatoms. The molecule has 2 aromatic carbocycles. The van der Waals surface area contributed by atoms with Gasteiger partial charge in [0.2, 0.25) is 5.91 Å². The van der Waals surface area contributed by atoms with Crippen LogP contribution in [0.1, 0.15) is 26.3 Å². The maximum absolute atomic E-state index is 13.7. The van der Waals surface area contributed by atoms with Crippen molar-refractivity contribution < 1.29 is 14.0 Å². The van der Waals surface area contributed by atoms with Gasteiger partial charge in [-0.1, -0.05) is 12.1 Å². The van der Waals surface area contributed by atoms with Gasteiger partial charge in [-0.2, -0.15) is 0 Å². The molecule has 0 aliphatic rings. The fourth-order valence-corrected chi connectivity index (χ4v) is 1.93. The quantitative estimate of drug-likeness (QED) is 0.852. The van der Waals surface area contributed by atoms with E-state index < -0.39 is 17.6 Å². The van der Waals surface area contributed by atoms with Crippen LogP contribution in [0.25, 0.3) is 0 Å². The number of alkyl halides is 1. The van der Waals surface area contributed by atoms with Gasteiger partial charge < -0.3 is 11.1 Å². The van der Waals surface area contributed by atoms with Crippen LogP contribution in [-0.2, 0) is 5.88 Å². The second-order valence-corrected chi connectivity index (χ2v) is 4.61. The van der Waals surface area contributed by atoms with Crippen LogP contribution in [0.3, 0.4) is 0 Å². The van der Waals surface area contributed by atoms with E-state index in [1.54, 1.807) is 24.3 Å². The predicted molar refractivity (Wildman–Crippen MR) is 78.9 cm³/mol. The van der Waals surface area contributed by atoms with Crippen molar-refractivity contribution in [3.05, 3.63) is 65.0 Å². The highest BCUT2D eigenvalue weighted by Crippen LogP contribution is 2.17. The Kier molecular flexibility index (Phi) is 4.55. The maximum atomic E-state index is 13.7. The first kappa shape index (κ1) is 15.0. The Balaban J connectivity index is 2.26. The Hall–Kier alpha value is -2.40. The topological polar surface area (TPSA) is 72.2 Å². The first-order valence-corrected chi connectivity index (χ1v) is 6.60. The minimum Gasteiger partial charge on any atom is -0.366 e. The van der Waals surface area contributed by atoms with E-state index in [-0.39, 0.29) is 17.1 Å². The first-order chi connectivity index (χ1) is 10.0. The van der Waals surface area contributed by atoms with Gasteiger partial charge in [0, 0.05) is 17.0 Å². The third-order valence-electron chi connectivity index (χ3n) is 2.84. The monoisotopic (exact) mass is 306 g/mol. The minimum absolute atomic E-state index is 0.104. The summed E-state index contributed by atoms with van der Waals surface area (Å²) in [5, 5.41) is 2.41. The second-order valence-electron chi connectivity index (χ2n) is 4.35. The lowest BCUT2D eigenvalue weighted by atomic mass is 10.1. The molecule has 0 heterocycles. The van der Waals surface area contributed by atoms with Crippen LogP contribution in [0.4, 0.5) is 10.1 Å². The number of halogens is 2. The number of carbonyl (C=O) groups excluding carboxylic acids is 2. The molecule has 0 aromatic heterocycles. The molecule has 2 aromatic rings. The lowest BCUT2D eigenvalue weighted by molar-refractivity contribution is 0.0996. The maximum Gasteiger partial charge on any atom is 0.255 e. The van der Waals surface area contributed by atoms with E-state index in [9.17, 15) is 14.0 Å². The number of nitrogens with two attached hydrogens (primary N) is 1. The lowest BCUT2D eigenvalue weighted by Crippen LogP contribution is -2.15. The van der Waals surface area contributed by atoms with E-state index in [0.717, 1.165) is 11.6 Å². The van der Waals surface area contributed by atoms with Crippen LogP contribution in [0, 0.1) is 5.82 Å². The normalized spacial score (nSPS) is 10.2. The number of nitrogens with one attached hydrogen (secondary N) is 1. The van der Waals surface area contributed by atoms with Crippen molar-refractivity contribution in [2.45, 2.75) is 5.88 Å². The summed E-state index contributed by atoms with van der Waals surface area (Å²) in [6.45, 7) is 0. The van der Waals surface area contributed by atoms with Crippen LogP contribution in [0.2, 0.25) is 0 Å². The van der Waals surface area contributed by atoms with Crippen molar-refractivity contribution in [3.8, 4) is 0 Å². The molecule has 0 fully saturated rings. The highest BCUT2D eigenvalue weighted by molar-refractivity contribution is 6.17. The smallest absolute Gasteiger partial charge is 0.255 e. The van der Waals surface area contributed by atoms with Crippen molar-refractivity contribution in [2.24, 2.45) is 5.73 Å². The Morgan fingerprint density at radius 2 is 1.90 bits per heavy atom. The van der Waals surface area contributed by atoms with Gasteiger partial charge in [0.15, 0.2) is 0 Å². The Bertz CT molecular complexity index is 704. The summed E-state index contributed by atoms with van der Waals surface area (Å²) in [6, 6.07) is 10.2. The fourth-order valence-electron chi connectivity index (χ4n) is 1.76. The standard InChI is InChI=1S/C15H12ClFN2O2/c16-8-9-2-1-3-11(6-9)15(21)19-13-7-10(14(18)20)4-5-12(13)17/h1-7H,8H2,(H2,18,20)(H,19,21). The Morgan fingerprint density at radius 3 is 2.57 bits per heavy atom. The van der Waals surface area contributed by atoms with Crippen LogP contribution < -0.4 is 11.1 Å². The zero-order chi connectivity index (χ0) is 15.4. The molecule has 0 aliphatic heterocycles. The zero-order valence-corrected chi connectivity index (χ0v) is 11.7. The van der Waals surface area contributed by atoms with Crippen LogP contribution >= 0.6 is 11.6 Å². The van der Waals surface area contributed by atoms with Crippen molar-refractivity contribution in [3.63, 3.8) is 0 Å². The third-order valence-corrected chi connectivity index (χ3v) is 3.15. The van der Waals surface area contributed by atoms with Crippen LogP contribution in [-0.4, -0.2) is 11.8 Å². The minimum atomic E-state index is -0.699. The lowest BCUT2D eigenvalue weighted by Gasteiger charge is -2.08. The molecule has 108 valence electrons. The van der Waals surface area contributed by atoms with E-state index >= 15 is 0 Å². The number of anilines is 1. The largest absolute Gasteiger partial charge is 0.366 e. The molecule has 0 radical (unpaired) electrons. The van der Waals surface area contributed by atoms with E-state index in [1.165, 1.54) is 12.1 Å². The molecule has 2 amide bonds. The van der Waals surface area contributed by atoms with Gasteiger partial charge in [0.05, 0.1) is 5.69 Å². The number of primary amides is 1. The summed E-state index contributed by atoms with van der Waals surface area (Å²) < 4.78 is 13.7. The van der Waals surface area contributed by atoms with E-state index in [4.69, 9.17) is 17.3 Å². The number of benzene rings is 2. The predicted octanol–water partition coefficient (Wildman–Crippen LogP) is 2.92. The van der Waals surface area contributed by atoms with Crippen molar-refractivity contribution in [1.29, 1.82) is 0 Å². The molecule has 2 rings (SSSR count). The molecule has 0 aliphatic carbocycles.